The summed E-state index contributed by atoms with van der Waals surface area (Å²) in [6.07, 6.45) is -2.14. The third-order valence-electron chi connectivity index (χ3n) is 9.66. The number of allylic oxidation sites excluding steroid dienone is 2. The number of aliphatic hydroxyl groups is 5. The van der Waals surface area contributed by atoms with Crippen molar-refractivity contribution in [2.45, 2.75) is 95.8 Å². The molecule has 0 radical (unpaired) electrons. The van der Waals surface area contributed by atoms with Gasteiger partial charge in [-0.1, -0.05) is 32.9 Å². The van der Waals surface area contributed by atoms with Gasteiger partial charge in [0.2, 0.25) is 0 Å². The fourth-order valence-electron chi connectivity index (χ4n) is 7.28. The van der Waals surface area contributed by atoms with Crippen LogP contribution >= 0.6 is 0 Å². The Morgan fingerprint density at radius 1 is 1.11 bits per heavy atom. The molecule has 0 bridgehead atoms. The third-order valence-corrected chi connectivity index (χ3v) is 9.66. The van der Waals surface area contributed by atoms with Gasteiger partial charge in [-0.2, -0.15) is 0 Å². The molecule has 1 aliphatic heterocycles. The summed E-state index contributed by atoms with van der Waals surface area (Å²) in [4.78, 5) is 11.4. The van der Waals surface area contributed by atoms with E-state index in [0.717, 1.165) is 24.8 Å². The SMILES string of the molecule is C=C[C@]1(C)C=C2[C@H](O)C[C@@H]3[C@](C)(CC[C@H](O)[C@]3(C)COC3OC(C(=O)O)C(O)C(O)C3O)[C@H]2CC1. The van der Waals surface area contributed by atoms with Crippen molar-refractivity contribution in [3.8, 4) is 0 Å². The average Bonchev–Trinajstić information content (AvgIpc) is 2.81. The van der Waals surface area contributed by atoms with Gasteiger partial charge >= 0.3 is 5.97 Å². The van der Waals surface area contributed by atoms with Crippen LogP contribution in [0, 0.1) is 28.1 Å². The molecule has 35 heavy (non-hydrogen) atoms. The van der Waals surface area contributed by atoms with E-state index in [0.29, 0.717) is 12.8 Å². The zero-order valence-corrected chi connectivity index (χ0v) is 20.7. The van der Waals surface area contributed by atoms with Crippen molar-refractivity contribution >= 4 is 5.97 Å². The summed E-state index contributed by atoms with van der Waals surface area (Å²) < 4.78 is 11.1. The molecular weight excluding hydrogens is 456 g/mol. The molecule has 1 heterocycles. The first-order chi connectivity index (χ1) is 16.3. The van der Waals surface area contributed by atoms with E-state index in [-0.39, 0.29) is 29.3 Å². The highest BCUT2D eigenvalue weighted by Crippen LogP contribution is 2.64. The van der Waals surface area contributed by atoms with Gasteiger partial charge in [0.1, 0.15) is 18.3 Å². The molecule has 3 aliphatic carbocycles. The van der Waals surface area contributed by atoms with Gasteiger partial charge < -0.3 is 40.1 Å². The summed E-state index contributed by atoms with van der Waals surface area (Å²) in [5, 5.41) is 62.1. The maximum Gasteiger partial charge on any atom is 0.335 e. The number of rotatable bonds is 5. The summed E-state index contributed by atoms with van der Waals surface area (Å²) >= 11 is 0. The minimum Gasteiger partial charge on any atom is -0.479 e. The van der Waals surface area contributed by atoms with Crippen molar-refractivity contribution in [3.05, 3.63) is 24.3 Å². The number of aliphatic carboxylic acids is 1. The number of aliphatic hydroxyl groups excluding tert-OH is 5. The summed E-state index contributed by atoms with van der Waals surface area (Å²) in [6.45, 7) is 10.1. The van der Waals surface area contributed by atoms with Crippen LogP contribution in [0.1, 0.15) is 52.9 Å². The second-order valence-corrected chi connectivity index (χ2v) is 11.9. The topological polar surface area (TPSA) is 157 Å². The highest BCUT2D eigenvalue weighted by Gasteiger charge is 2.61. The molecule has 9 nitrogen and oxygen atoms in total. The lowest BCUT2D eigenvalue weighted by molar-refractivity contribution is -0.307. The smallest absolute Gasteiger partial charge is 0.335 e. The normalized spacial score (nSPS) is 52.1. The van der Waals surface area contributed by atoms with Crippen LogP contribution in [-0.4, -0.2) is 86.1 Å². The van der Waals surface area contributed by atoms with Gasteiger partial charge in [-0.25, -0.2) is 4.79 Å². The van der Waals surface area contributed by atoms with Gasteiger partial charge in [-0.15, -0.1) is 6.58 Å². The Kier molecular flexibility index (Phi) is 7.03. The molecule has 2 saturated carbocycles. The Morgan fingerprint density at radius 3 is 2.43 bits per heavy atom. The number of hydrogen-bond acceptors (Lipinski definition) is 8. The molecule has 0 aromatic heterocycles. The molecule has 12 atom stereocenters. The lowest BCUT2D eigenvalue weighted by atomic mass is 9.44. The van der Waals surface area contributed by atoms with Crippen LogP contribution in [0.15, 0.2) is 24.3 Å². The van der Waals surface area contributed by atoms with Gasteiger partial charge in [0, 0.05) is 10.8 Å². The van der Waals surface area contributed by atoms with E-state index in [4.69, 9.17) is 9.47 Å². The zero-order valence-electron chi connectivity index (χ0n) is 20.7. The number of ether oxygens (including phenoxy) is 2. The number of fused-ring (bicyclic) bond motifs is 3. The second-order valence-electron chi connectivity index (χ2n) is 11.9. The standard InChI is InChI=1S/C26H40O9/c1-5-24(2)8-6-14-13(11-24)15(27)10-16-25(14,3)9-7-17(28)26(16,4)12-34-23-20(31)18(29)19(30)21(35-23)22(32)33/h5,11,14-21,23,27-31H,1,6-10,12H2,2-4H3,(H,32,33)/t14-,15+,16+,17-,18?,19?,20?,21?,23?,24-,25+,26+/m0/s1. The Labute approximate surface area is 206 Å². The number of carbonyl (C=O) groups is 1. The zero-order chi connectivity index (χ0) is 25.9. The van der Waals surface area contributed by atoms with E-state index in [1.807, 2.05) is 13.0 Å². The molecule has 4 aliphatic rings. The molecule has 0 aromatic carbocycles. The van der Waals surface area contributed by atoms with Gasteiger partial charge in [-0.05, 0) is 54.9 Å². The Balaban J connectivity index is 1.59. The summed E-state index contributed by atoms with van der Waals surface area (Å²) in [5.41, 5.74) is -0.126. The quantitative estimate of drug-likeness (QED) is 0.305. The summed E-state index contributed by atoms with van der Waals surface area (Å²) in [7, 11) is 0. The van der Waals surface area contributed by atoms with E-state index in [9.17, 15) is 35.4 Å². The predicted molar refractivity (Wildman–Crippen MR) is 125 cm³/mol. The molecule has 6 N–H and O–H groups in total. The van der Waals surface area contributed by atoms with E-state index >= 15 is 0 Å². The molecule has 5 unspecified atom stereocenters. The van der Waals surface area contributed by atoms with Crippen LogP contribution in [0.25, 0.3) is 0 Å². The highest BCUT2D eigenvalue weighted by molar-refractivity contribution is 5.73. The van der Waals surface area contributed by atoms with Crippen LogP contribution in [-0.2, 0) is 14.3 Å². The van der Waals surface area contributed by atoms with Gasteiger partial charge in [0.25, 0.3) is 0 Å². The average molecular weight is 497 g/mol. The van der Waals surface area contributed by atoms with Crippen LogP contribution in [0.5, 0.6) is 0 Å². The summed E-state index contributed by atoms with van der Waals surface area (Å²) in [6, 6.07) is 0. The number of carboxylic acid groups (broad SMARTS) is 1. The Bertz CT molecular complexity index is 875. The lowest BCUT2D eigenvalue weighted by Crippen LogP contribution is -2.63. The van der Waals surface area contributed by atoms with Crippen molar-refractivity contribution < 1.29 is 44.9 Å². The lowest BCUT2D eigenvalue weighted by Gasteiger charge is -2.62. The van der Waals surface area contributed by atoms with Crippen LogP contribution in [0.3, 0.4) is 0 Å². The highest BCUT2D eigenvalue weighted by atomic mass is 16.7. The monoisotopic (exact) mass is 496 g/mol. The first kappa shape index (κ1) is 26.7. The maximum absolute atomic E-state index is 11.4. The minimum atomic E-state index is -1.80. The fraction of sp³-hybridized carbons (Fsp3) is 0.808. The van der Waals surface area contributed by atoms with E-state index < -0.39 is 54.3 Å². The molecule has 0 spiro atoms. The van der Waals surface area contributed by atoms with Crippen molar-refractivity contribution in [3.63, 3.8) is 0 Å². The number of hydrogen-bond donors (Lipinski definition) is 6. The van der Waals surface area contributed by atoms with Crippen LogP contribution in [0.2, 0.25) is 0 Å². The molecule has 1 saturated heterocycles. The van der Waals surface area contributed by atoms with Gasteiger partial charge in [0.05, 0.1) is 18.8 Å². The van der Waals surface area contributed by atoms with E-state index in [2.05, 4.69) is 26.5 Å². The van der Waals surface area contributed by atoms with Crippen molar-refractivity contribution in [1.29, 1.82) is 0 Å². The van der Waals surface area contributed by atoms with Crippen LogP contribution in [0.4, 0.5) is 0 Å². The van der Waals surface area contributed by atoms with E-state index in [1.54, 1.807) is 0 Å². The molecular formula is C26H40O9. The minimum absolute atomic E-state index is 0.0752. The summed E-state index contributed by atoms with van der Waals surface area (Å²) in [5.74, 6) is -1.44. The predicted octanol–water partition coefficient (Wildman–Crippen LogP) is 0.972. The first-order valence-corrected chi connectivity index (χ1v) is 12.5. The molecule has 3 fully saturated rings. The molecule has 4 rings (SSSR count). The largest absolute Gasteiger partial charge is 0.479 e. The Hall–Kier alpha value is -1.33. The first-order valence-electron chi connectivity index (χ1n) is 12.5. The van der Waals surface area contributed by atoms with Crippen molar-refractivity contribution in [2.75, 3.05) is 6.61 Å². The van der Waals surface area contributed by atoms with Crippen molar-refractivity contribution in [1.82, 2.24) is 0 Å². The van der Waals surface area contributed by atoms with Gasteiger partial charge in [-0.3, -0.25) is 0 Å². The van der Waals surface area contributed by atoms with Gasteiger partial charge in [0.15, 0.2) is 12.4 Å². The molecule has 198 valence electrons. The molecule has 9 heteroatoms. The van der Waals surface area contributed by atoms with E-state index in [1.165, 1.54) is 0 Å². The third kappa shape index (κ3) is 4.29. The molecule has 0 aromatic rings. The Morgan fingerprint density at radius 2 is 1.80 bits per heavy atom. The second kappa shape index (κ2) is 9.20. The molecule has 0 amide bonds. The maximum atomic E-state index is 11.4. The fourth-order valence-corrected chi connectivity index (χ4v) is 7.28. The van der Waals surface area contributed by atoms with Crippen LogP contribution < -0.4 is 0 Å². The number of carboxylic acids is 1. The van der Waals surface area contributed by atoms with Crippen molar-refractivity contribution in [2.24, 2.45) is 28.1 Å².